The summed E-state index contributed by atoms with van der Waals surface area (Å²) in [5.41, 5.74) is 5.94. The van der Waals surface area contributed by atoms with Gasteiger partial charge in [-0.1, -0.05) is 18.6 Å². The average molecular weight is 310 g/mol. The Hall–Kier alpha value is -1.69. The van der Waals surface area contributed by atoms with Crippen LogP contribution in [0.15, 0.2) is 29.2 Å². The number of amides is 2. The molecule has 0 aromatic heterocycles. The van der Waals surface area contributed by atoms with Crippen molar-refractivity contribution < 1.29 is 14.3 Å². The molecular formula is C15H22N2O3S. The molecule has 0 aliphatic carbocycles. The highest BCUT2D eigenvalue weighted by Gasteiger charge is 2.03. The van der Waals surface area contributed by atoms with Crippen molar-refractivity contribution in [3.8, 4) is 0 Å². The van der Waals surface area contributed by atoms with E-state index in [1.54, 1.807) is 11.8 Å². The maximum Gasteiger partial charge on any atom is 0.312 e. The zero-order chi connectivity index (χ0) is 15.5. The summed E-state index contributed by atoms with van der Waals surface area (Å²) in [6, 6.07) is 7.45. The number of carbonyl (C=O) groups excluding carboxylic acids is 2. The van der Waals surface area contributed by atoms with E-state index in [0.29, 0.717) is 19.6 Å². The SMILES string of the molecule is CSc1ccc(COC(=O)CCCCCNC(N)=O)cc1. The number of thioether (sulfide) groups is 1. The fraction of sp³-hybridized carbons (Fsp3) is 0.467. The molecule has 1 aromatic carbocycles. The van der Waals surface area contributed by atoms with Gasteiger partial charge < -0.3 is 15.8 Å². The Balaban J connectivity index is 2.09. The van der Waals surface area contributed by atoms with E-state index < -0.39 is 6.03 Å². The number of nitrogens with two attached hydrogens (primary N) is 1. The molecule has 0 spiro atoms. The van der Waals surface area contributed by atoms with Gasteiger partial charge in [-0.2, -0.15) is 0 Å². The maximum absolute atomic E-state index is 11.6. The second-order valence-electron chi connectivity index (χ2n) is 4.61. The smallest absolute Gasteiger partial charge is 0.312 e. The summed E-state index contributed by atoms with van der Waals surface area (Å²) in [5, 5.41) is 2.51. The first kappa shape index (κ1) is 17.4. The number of ether oxygens (including phenoxy) is 1. The molecule has 0 aliphatic heterocycles. The fourth-order valence-electron chi connectivity index (χ4n) is 1.74. The molecule has 0 fully saturated rings. The van der Waals surface area contributed by atoms with Crippen LogP contribution in [0.2, 0.25) is 0 Å². The van der Waals surface area contributed by atoms with E-state index in [9.17, 15) is 9.59 Å². The summed E-state index contributed by atoms with van der Waals surface area (Å²) in [6.07, 6.45) is 4.85. The topological polar surface area (TPSA) is 81.4 Å². The van der Waals surface area contributed by atoms with Crippen LogP contribution >= 0.6 is 11.8 Å². The summed E-state index contributed by atoms with van der Waals surface area (Å²) in [7, 11) is 0. The first-order valence-electron chi connectivity index (χ1n) is 6.93. The van der Waals surface area contributed by atoms with Crippen LogP contribution in [-0.4, -0.2) is 24.8 Å². The number of hydrogen-bond donors (Lipinski definition) is 2. The molecule has 0 bridgehead atoms. The van der Waals surface area contributed by atoms with Gasteiger partial charge in [0.1, 0.15) is 6.61 Å². The largest absolute Gasteiger partial charge is 0.461 e. The van der Waals surface area contributed by atoms with Gasteiger partial charge in [0, 0.05) is 17.9 Å². The third-order valence-corrected chi connectivity index (χ3v) is 3.66. The maximum atomic E-state index is 11.6. The molecule has 21 heavy (non-hydrogen) atoms. The Morgan fingerprint density at radius 1 is 1.19 bits per heavy atom. The standard InChI is InChI=1S/C15H22N2O3S/c1-21-13-8-6-12(7-9-13)11-20-14(18)5-3-2-4-10-17-15(16)19/h6-9H,2-5,10-11H2,1H3,(H3,16,17,19). The average Bonchev–Trinajstić information content (AvgIpc) is 2.49. The molecular weight excluding hydrogens is 288 g/mol. The molecule has 0 heterocycles. The highest BCUT2D eigenvalue weighted by Crippen LogP contribution is 2.15. The lowest BCUT2D eigenvalue weighted by Gasteiger charge is -2.06. The molecule has 3 N–H and O–H groups in total. The second kappa shape index (κ2) is 10.1. The third-order valence-electron chi connectivity index (χ3n) is 2.92. The Morgan fingerprint density at radius 3 is 2.52 bits per heavy atom. The van der Waals surface area contributed by atoms with E-state index in [1.807, 2.05) is 30.5 Å². The van der Waals surface area contributed by atoms with Crippen LogP contribution in [0.5, 0.6) is 0 Å². The zero-order valence-corrected chi connectivity index (χ0v) is 13.1. The summed E-state index contributed by atoms with van der Waals surface area (Å²) in [5.74, 6) is -0.188. The number of urea groups is 1. The summed E-state index contributed by atoms with van der Waals surface area (Å²) in [4.78, 5) is 23.2. The van der Waals surface area contributed by atoms with Gasteiger partial charge in [0.15, 0.2) is 0 Å². The molecule has 2 amide bonds. The molecule has 0 aliphatic rings. The highest BCUT2D eigenvalue weighted by molar-refractivity contribution is 7.98. The fourth-order valence-corrected chi connectivity index (χ4v) is 2.15. The minimum Gasteiger partial charge on any atom is -0.461 e. The quantitative estimate of drug-likeness (QED) is 0.417. The lowest BCUT2D eigenvalue weighted by molar-refractivity contribution is -0.145. The number of benzene rings is 1. The predicted molar refractivity (Wildman–Crippen MR) is 84.1 cm³/mol. The normalized spacial score (nSPS) is 10.1. The van der Waals surface area contributed by atoms with Gasteiger partial charge in [-0.05, 0) is 36.8 Å². The van der Waals surface area contributed by atoms with Crippen LogP contribution in [-0.2, 0) is 16.1 Å². The molecule has 1 rings (SSSR count). The van der Waals surface area contributed by atoms with E-state index in [2.05, 4.69) is 5.32 Å². The van der Waals surface area contributed by atoms with Crippen LogP contribution in [0.3, 0.4) is 0 Å². The molecule has 0 saturated heterocycles. The van der Waals surface area contributed by atoms with Crippen molar-refractivity contribution in [2.24, 2.45) is 5.73 Å². The van der Waals surface area contributed by atoms with Crippen molar-refractivity contribution in [1.82, 2.24) is 5.32 Å². The predicted octanol–water partition coefficient (Wildman–Crippen LogP) is 2.68. The molecule has 0 unspecified atom stereocenters. The van der Waals surface area contributed by atoms with Crippen LogP contribution < -0.4 is 11.1 Å². The highest BCUT2D eigenvalue weighted by atomic mass is 32.2. The third kappa shape index (κ3) is 8.24. The Kier molecular flexibility index (Phi) is 8.35. The monoisotopic (exact) mass is 310 g/mol. The van der Waals surface area contributed by atoms with Crippen molar-refractivity contribution in [3.05, 3.63) is 29.8 Å². The first-order chi connectivity index (χ1) is 10.1. The van der Waals surface area contributed by atoms with Crippen LogP contribution in [0.1, 0.15) is 31.2 Å². The van der Waals surface area contributed by atoms with Crippen molar-refractivity contribution >= 4 is 23.8 Å². The van der Waals surface area contributed by atoms with Gasteiger partial charge in [-0.15, -0.1) is 11.8 Å². The van der Waals surface area contributed by atoms with E-state index in [4.69, 9.17) is 10.5 Å². The van der Waals surface area contributed by atoms with Crippen molar-refractivity contribution in [2.75, 3.05) is 12.8 Å². The van der Waals surface area contributed by atoms with E-state index >= 15 is 0 Å². The zero-order valence-electron chi connectivity index (χ0n) is 12.3. The molecule has 0 radical (unpaired) electrons. The number of unbranched alkanes of at least 4 members (excludes halogenated alkanes) is 2. The molecule has 116 valence electrons. The molecule has 6 heteroatoms. The van der Waals surface area contributed by atoms with Crippen molar-refractivity contribution in [3.63, 3.8) is 0 Å². The minimum absolute atomic E-state index is 0.188. The second-order valence-corrected chi connectivity index (χ2v) is 5.49. The number of nitrogens with one attached hydrogen (secondary N) is 1. The van der Waals surface area contributed by atoms with Gasteiger partial charge >= 0.3 is 12.0 Å². The van der Waals surface area contributed by atoms with Gasteiger partial charge in [0.2, 0.25) is 0 Å². The Labute approximate surface area is 129 Å². The Bertz CT molecular complexity index is 449. The molecule has 0 saturated carbocycles. The summed E-state index contributed by atoms with van der Waals surface area (Å²) in [6.45, 7) is 0.864. The number of hydrogen-bond acceptors (Lipinski definition) is 4. The van der Waals surface area contributed by atoms with Crippen LogP contribution in [0, 0.1) is 0 Å². The van der Waals surface area contributed by atoms with Gasteiger partial charge in [0.25, 0.3) is 0 Å². The number of carbonyl (C=O) groups is 2. The molecule has 0 atom stereocenters. The molecule has 1 aromatic rings. The first-order valence-corrected chi connectivity index (χ1v) is 8.16. The van der Waals surface area contributed by atoms with E-state index in [-0.39, 0.29) is 5.97 Å². The van der Waals surface area contributed by atoms with Gasteiger partial charge in [-0.25, -0.2) is 4.79 Å². The van der Waals surface area contributed by atoms with Gasteiger partial charge in [-0.3, -0.25) is 4.79 Å². The van der Waals surface area contributed by atoms with Crippen LogP contribution in [0.25, 0.3) is 0 Å². The number of esters is 1. The number of primary amides is 1. The van der Waals surface area contributed by atoms with E-state index in [0.717, 1.165) is 24.8 Å². The molecule has 5 nitrogen and oxygen atoms in total. The lowest BCUT2D eigenvalue weighted by Crippen LogP contribution is -2.29. The summed E-state index contributed by atoms with van der Waals surface area (Å²) >= 11 is 1.68. The summed E-state index contributed by atoms with van der Waals surface area (Å²) < 4.78 is 5.21. The minimum atomic E-state index is -0.512. The lowest BCUT2D eigenvalue weighted by atomic mass is 10.2. The van der Waals surface area contributed by atoms with Crippen molar-refractivity contribution in [2.45, 2.75) is 37.2 Å². The van der Waals surface area contributed by atoms with Crippen LogP contribution in [0.4, 0.5) is 4.79 Å². The number of rotatable bonds is 9. The van der Waals surface area contributed by atoms with E-state index in [1.165, 1.54) is 4.90 Å². The van der Waals surface area contributed by atoms with Gasteiger partial charge in [0.05, 0.1) is 0 Å². The van der Waals surface area contributed by atoms with Crippen molar-refractivity contribution in [1.29, 1.82) is 0 Å². The Morgan fingerprint density at radius 2 is 1.90 bits per heavy atom.